The highest BCUT2D eigenvalue weighted by Crippen LogP contribution is 2.37. The quantitative estimate of drug-likeness (QED) is 0.354. The van der Waals surface area contributed by atoms with Gasteiger partial charge in [0, 0.05) is 0 Å². The molecule has 2 heteroatoms. The van der Waals surface area contributed by atoms with Gasteiger partial charge in [-0.2, -0.15) is 0 Å². The smallest absolute Gasteiger partial charge is 0.0106 e. The van der Waals surface area contributed by atoms with E-state index in [1.165, 1.54) is 70.2 Å². The van der Waals surface area contributed by atoms with E-state index in [2.05, 4.69) is 38.1 Å². The van der Waals surface area contributed by atoms with E-state index in [0.717, 1.165) is 0 Å². The third-order valence-corrected chi connectivity index (χ3v) is 6.20. The van der Waals surface area contributed by atoms with Gasteiger partial charge < -0.3 is 0 Å². The Morgan fingerprint density at radius 1 is 0.889 bits per heavy atom. The van der Waals surface area contributed by atoms with Gasteiger partial charge in [0.05, 0.1) is 0 Å². The van der Waals surface area contributed by atoms with Crippen LogP contribution in [0.4, 0.5) is 0 Å². The van der Waals surface area contributed by atoms with Gasteiger partial charge in [0.15, 0.2) is 0 Å². The Bertz CT molecular complexity index is 310. The first-order valence-corrected chi connectivity index (χ1v) is 9.95. The van der Waals surface area contributed by atoms with Crippen LogP contribution < -0.4 is 5.30 Å². The van der Waals surface area contributed by atoms with Crippen molar-refractivity contribution in [3.05, 3.63) is 29.8 Å². The first kappa shape index (κ1) is 16.1. The summed E-state index contributed by atoms with van der Waals surface area (Å²) in [7, 11) is 3.07. The van der Waals surface area contributed by atoms with Crippen molar-refractivity contribution in [1.82, 2.24) is 0 Å². The van der Waals surface area contributed by atoms with Crippen LogP contribution in [0.3, 0.4) is 0 Å². The Morgan fingerprint density at radius 2 is 1.56 bits per heavy atom. The highest BCUT2D eigenvalue weighted by molar-refractivity contribution is 8.15. The molecule has 1 aromatic rings. The second kappa shape index (κ2) is 11.0. The summed E-state index contributed by atoms with van der Waals surface area (Å²) in [5, 5.41) is 1.50. The second-order valence-corrected chi connectivity index (χ2v) is 7.73. The minimum absolute atomic E-state index is 1.36. The molecule has 0 amide bonds. The lowest BCUT2D eigenvalue weighted by Crippen LogP contribution is -1.96. The van der Waals surface area contributed by atoms with E-state index in [1.54, 1.807) is 8.27 Å². The highest BCUT2D eigenvalue weighted by Gasteiger charge is 1.98. The second-order valence-electron chi connectivity index (χ2n) is 4.87. The fraction of sp³-hybridized carbons (Fsp3) is 0.625. The Kier molecular flexibility index (Phi) is 9.82. The van der Waals surface area contributed by atoms with Crippen molar-refractivity contribution < 1.29 is 0 Å². The number of unbranched alkanes of at least 4 members (excludes halogenated alkanes) is 6. The largest absolute Gasteiger partial charge is 0.0654 e. The average molecular weight is 280 g/mol. The van der Waals surface area contributed by atoms with E-state index in [0.29, 0.717) is 0 Å². The molecule has 0 heterocycles. The van der Waals surface area contributed by atoms with Crippen LogP contribution in [0.15, 0.2) is 24.3 Å². The number of rotatable bonds is 10. The van der Waals surface area contributed by atoms with Gasteiger partial charge in [0.1, 0.15) is 0 Å². The Labute approximate surface area is 117 Å². The minimum atomic E-state index is 1.36. The molecule has 0 bridgehead atoms. The predicted octanol–water partition coefficient (Wildman–Crippen LogP) is 6.18. The SMILES string of the molecule is CCCCCCCCC[P][P]c1ccccc1C. The van der Waals surface area contributed by atoms with Gasteiger partial charge in [-0.3, -0.25) is 0 Å². The monoisotopic (exact) mass is 280 g/mol. The molecule has 0 unspecified atom stereocenters. The lowest BCUT2D eigenvalue weighted by molar-refractivity contribution is 0.603. The molecule has 0 nitrogen and oxygen atoms in total. The maximum atomic E-state index is 2.28. The van der Waals surface area contributed by atoms with Gasteiger partial charge in [0.25, 0.3) is 0 Å². The molecular weight excluding hydrogens is 254 g/mol. The van der Waals surface area contributed by atoms with Crippen molar-refractivity contribution >= 4 is 21.8 Å². The van der Waals surface area contributed by atoms with E-state index < -0.39 is 0 Å². The van der Waals surface area contributed by atoms with E-state index in [1.807, 2.05) is 0 Å². The average Bonchev–Trinajstić information content (AvgIpc) is 2.39. The van der Waals surface area contributed by atoms with E-state index >= 15 is 0 Å². The minimum Gasteiger partial charge on any atom is -0.0654 e. The third kappa shape index (κ3) is 7.50. The summed E-state index contributed by atoms with van der Waals surface area (Å²) in [6.45, 7) is 4.50. The van der Waals surface area contributed by atoms with Crippen LogP contribution in [-0.2, 0) is 0 Å². The molecule has 0 saturated carbocycles. The van der Waals surface area contributed by atoms with Crippen LogP contribution >= 0.6 is 16.5 Å². The summed E-state index contributed by atoms with van der Waals surface area (Å²) in [6.07, 6.45) is 11.3. The first-order valence-electron chi connectivity index (χ1n) is 7.27. The number of benzene rings is 1. The van der Waals surface area contributed by atoms with Crippen molar-refractivity contribution in [2.24, 2.45) is 0 Å². The van der Waals surface area contributed by atoms with Crippen molar-refractivity contribution in [2.45, 2.75) is 58.8 Å². The molecule has 0 fully saturated rings. The normalized spacial score (nSPS) is 12.1. The number of aryl methyl sites for hydroxylation is 1. The molecule has 1 aromatic carbocycles. The lowest BCUT2D eigenvalue weighted by Gasteiger charge is -2.04. The molecule has 0 spiro atoms. The lowest BCUT2D eigenvalue weighted by atomic mass is 10.1. The zero-order valence-electron chi connectivity index (χ0n) is 11.9. The summed E-state index contributed by atoms with van der Waals surface area (Å²) in [5.74, 6) is 0. The van der Waals surface area contributed by atoms with Crippen molar-refractivity contribution in [3.63, 3.8) is 0 Å². The highest BCUT2D eigenvalue weighted by atomic mass is 32.0. The van der Waals surface area contributed by atoms with Crippen LogP contribution in [0.1, 0.15) is 57.4 Å². The first-order chi connectivity index (χ1) is 8.84. The molecule has 0 atom stereocenters. The Morgan fingerprint density at radius 3 is 2.28 bits per heavy atom. The van der Waals surface area contributed by atoms with Crippen LogP contribution in [0.5, 0.6) is 0 Å². The zero-order chi connectivity index (χ0) is 13.1. The molecule has 18 heavy (non-hydrogen) atoms. The summed E-state index contributed by atoms with van der Waals surface area (Å²) in [4.78, 5) is 0. The molecule has 2 radical (unpaired) electrons. The maximum Gasteiger partial charge on any atom is -0.0106 e. The molecule has 0 aromatic heterocycles. The van der Waals surface area contributed by atoms with E-state index in [9.17, 15) is 0 Å². The van der Waals surface area contributed by atoms with Crippen LogP contribution in [0, 0.1) is 6.92 Å². The molecule has 0 aliphatic heterocycles. The molecule has 0 aliphatic carbocycles. The fourth-order valence-electron chi connectivity index (χ4n) is 1.94. The third-order valence-electron chi connectivity index (χ3n) is 3.16. The van der Waals surface area contributed by atoms with E-state index in [4.69, 9.17) is 0 Å². The molecule has 0 aliphatic rings. The standard InChI is InChI=1S/C16H26P2/c1-3-4-5-6-7-8-11-14-17-18-16-13-10-9-12-15(16)2/h9-10,12-13H,3-8,11,14H2,1-2H3. The van der Waals surface area contributed by atoms with Crippen molar-refractivity contribution in [1.29, 1.82) is 0 Å². The van der Waals surface area contributed by atoms with Gasteiger partial charge in [-0.25, -0.2) is 0 Å². The summed E-state index contributed by atoms with van der Waals surface area (Å²) >= 11 is 0. The molecule has 100 valence electrons. The van der Waals surface area contributed by atoms with Crippen LogP contribution in [0.25, 0.3) is 0 Å². The van der Waals surface area contributed by atoms with Gasteiger partial charge in [0.2, 0.25) is 0 Å². The van der Waals surface area contributed by atoms with Crippen molar-refractivity contribution in [2.75, 3.05) is 6.16 Å². The summed E-state index contributed by atoms with van der Waals surface area (Å²) in [5.41, 5.74) is 1.44. The Hall–Kier alpha value is 0.0800. The summed E-state index contributed by atoms with van der Waals surface area (Å²) in [6, 6.07) is 8.75. The van der Waals surface area contributed by atoms with Gasteiger partial charge in [-0.15, -0.1) is 0 Å². The van der Waals surface area contributed by atoms with E-state index in [-0.39, 0.29) is 0 Å². The van der Waals surface area contributed by atoms with Gasteiger partial charge >= 0.3 is 0 Å². The molecular formula is C16H26P2. The predicted molar refractivity (Wildman–Crippen MR) is 87.5 cm³/mol. The van der Waals surface area contributed by atoms with Gasteiger partial charge in [-0.05, 0) is 46.9 Å². The van der Waals surface area contributed by atoms with Crippen LogP contribution in [-0.4, -0.2) is 6.16 Å². The maximum absolute atomic E-state index is 2.28. The van der Waals surface area contributed by atoms with Crippen molar-refractivity contribution in [3.8, 4) is 0 Å². The van der Waals surface area contributed by atoms with Crippen LogP contribution in [0.2, 0.25) is 0 Å². The number of hydrogen-bond acceptors (Lipinski definition) is 0. The molecule has 0 N–H and O–H groups in total. The number of hydrogen-bond donors (Lipinski definition) is 0. The molecule has 0 saturated heterocycles. The fourth-order valence-corrected chi connectivity index (χ4v) is 4.80. The summed E-state index contributed by atoms with van der Waals surface area (Å²) < 4.78 is 0. The van der Waals surface area contributed by atoms with Gasteiger partial charge in [-0.1, -0.05) is 69.7 Å². The Balaban J connectivity index is 1.94. The zero-order valence-corrected chi connectivity index (χ0v) is 13.6. The topological polar surface area (TPSA) is 0 Å². The molecule has 1 rings (SSSR count).